The molecule has 174 valence electrons. The van der Waals surface area contributed by atoms with Crippen molar-refractivity contribution in [1.29, 1.82) is 0 Å². The normalized spacial score (nSPS) is 17.2. The third kappa shape index (κ3) is 6.50. The van der Waals surface area contributed by atoms with Crippen LogP contribution in [0.5, 0.6) is 5.75 Å². The van der Waals surface area contributed by atoms with E-state index < -0.39 is 5.95 Å². The number of nitrogens with zero attached hydrogens (tertiary/aromatic N) is 4. The van der Waals surface area contributed by atoms with Gasteiger partial charge in [0.15, 0.2) is 5.84 Å². The largest absolute Gasteiger partial charge is 0.507 e. The minimum Gasteiger partial charge on any atom is -0.507 e. The van der Waals surface area contributed by atoms with E-state index in [1.54, 1.807) is 25.1 Å². The summed E-state index contributed by atoms with van der Waals surface area (Å²) in [5.41, 5.74) is 1.97. The Morgan fingerprint density at radius 3 is 2.62 bits per heavy atom. The Morgan fingerprint density at radius 1 is 1.34 bits per heavy atom. The summed E-state index contributed by atoms with van der Waals surface area (Å²) in [6, 6.07) is 5.28. The highest BCUT2D eigenvalue weighted by atomic mass is 19.1. The van der Waals surface area contributed by atoms with Crippen molar-refractivity contribution in [3.05, 3.63) is 48.6 Å². The molecule has 7 nitrogen and oxygen atoms in total. The Labute approximate surface area is 190 Å². The van der Waals surface area contributed by atoms with Crippen LogP contribution in [0.4, 0.5) is 4.39 Å². The van der Waals surface area contributed by atoms with E-state index in [9.17, 15) is 9.50 Å². The number of rotatable bonds is 5. The zero-order valence-electron chi connectivity index (χ0n) is 19.9. The maximum Gasteiger partial charge on any atom is 0.216 e. The fraction of sp³-hybridized carbons (Fsp3) is 0.458. The number of nitrogens with one attached hydrogen (secondary N) is 2. The number of likely N-dealkylation sites (tertiary alicyclic amines) is 1. The Bertz CT molecular complexity index is 973. The van der Waals surface area contributed by atoms with Crippen molar-refractivity contribution < 1.29 is 9.50 Å². The van der Waals surface area contributed by atoms with Gasteiger partial charge in [-0.05, 0) is 57.9 Å². The van der Waals surface area contributed by atoms with Crippen LogP contribution in [0.3, 0.4) is 0 Å². The molecule has 1 unspecified atom stereocenters. The van der Waals surface area contributed by atoms with Gasteiger partial charge in [-0.1, -0.05) is 26.5 Å². The van der Waals surface area contributed by atoms with Crippen LogP contribution in [0.15, 0.2) is 47.3 Å². The molecule has 32 heavy (non-hydrogen) atoms. The monoisotopic (exact) mass is 442 g/mol. The maximum absolute atomic E-state index is 13.7. The number of aromatic nitrogens is 2. The van der Waals surface area contributed by atoms with E-state index in [4.69, 9.17) is 0 Å². The fourth-order valence-corrected chi connectivity index (χ4v) is 3.59. The second-order valence-electron chi connectivity index (χ2n) is 8.50. The third-order valence-electron chi connectivity index (χ3n) is 4.93. The van der Waals surface area contributed by atoms with Crippen molar-refractivity contribution in [2.75, 3.05) is 13.1 Å². The molecule has 3 rings (SSSR count). The van der Waals surface area contributed by atoms with Crippen LogP contribution in [-0.4, -0.2) is 56.4 Å². The van der Waals surface area contributed by atoms with Crippen molar-refractivity contribution in [1.82, 2.24) is 20.4 Å². The molecule has 3 N–H and O–H groups in total. The van der Waals surface area contributed by atoms with Gasteiger partial charge in [0.2, 0.25) is 5.95 Å². The summed E-state index contributed by atoms with van der Waals surface area (Å²) in [7, 11) is 0. The van der Waals surface area contributed by atoms with E-state index in [-0.39, 0.29) is 11.3 Å². The van der Waals surface area contributed by atoms with Gasteiger partial charge in [0.1, 0.15) is 5.75 Å². The second-order valence-corrected chi connectivity index (χ2v) is 8.50. The van der Waals surface area contributed by atoms with Crippen molar-refractivity contribution in [3.8, 4) is 16.9 Å². The minimum atomic E-state index is -0.544. The number of halogens is 1. The summed E-state index contributed by atoms with van der Waals surface area (Å²) < 4.78 is 13.7. The number of phenolic OH excluding ortho intramolecular Hbond substituents is 1. The molecule has 1 aliphatic rings. The first kappa shape index (κ1) is 25.3. The lowest BCUT2D eigenvalue weighted by atomic mass is 10.0. The van der Waals surface area contributed by atoms with E-state index in [2.05, 4.69) is 58.0 Å². The molecule has 2 aromatic rings. The van der Waals surface area contributed by atoms with E-state index in [1.165, 1.54) is 12.3 Å². The summed E-state index contributed by atoms with van der Waals surface area (Å²) in [4.78, 5) is 2.15. The van der Waals surface area contributed by atoms with Crippen LogP contribution in [0.25, 0.3) is 11.1 Å². The summed E-state index contributed by atoms with van der Waals surface area (Å²) in [5.74, 6) is 0.155. The van der Waals surface area contributed by atoms with Crippen LogP contribution in [0, 0.1) is 5.95 Å². The fourth-order valence-electron chi connectivity index (χ4n) is 3.59. The first-order valence-corrected chi connectivity index (χ1v) is 11.0. The third-order valence-corrected chi connectivity index (χ3v) is 4.93. The summed E-state index contributed by atoms with van der Waals surface area (Å²) in [6.07, 6.45) is 4.10. The number of aromatic amines is 1. The van der Waals surface area contributed by atoms with Crippen molar-refractivity contribution in [2.24, 2.45) is 10.2 Å². The Hall–Kier alpha value is -3.00. The van der Waals surface area contributed by atoms with Crippen LogP contribution in [-0.2, 0) is 0 Å². The number of hydrogen-bond acceptors (Lipinski definition) is 5. The lowest BCUT2D eigenvalue weighted by molar-refractivity contribution is 0.360. The molecule has 1 saturated heterocycles. The summed E-state index contributed by atoms with van der Waals surface area (Å²) in [6.45, 7) is 17.8. The molecular formula is C24H35FN6O. The number of aromatic hydroxyl groups is 1. The number of hydrogen-bond donors (Lipinski definition) is 3. The van der Waals surface area contributed by atoms with Gasteiger partial charge in [-0.2, -0.15) is 14.6 Å². The van der Waals surface area contributed by atoms with Crippen LogP contribution >= 0.6 is 0 Å². The van der Waals surface area contributed by atoms with Gasteiger partial charge in [-0.3, -0.25) is 5.10 Å². The molecule has 1 fully saturated rings. The molecule has 8 heteroatoms. The molecule has 0 spiro atoms. The smallest absolute Gasteiger partial charge is 0.216 e. The minimum absolute atomic E-state index is 0.000293. The van der Waals surface area contributed by atoms with Gasteiger partial charge >= 0.3 is 0 Å². The van der Waals surface area contributed by atoms with Gasteiger partial charge in [-0.25, -0.2) is 0 Å². The number of H-pyrrole nitrogens is 1. The SMILES string of the molecule is C=C/C(=N\N=C(/C)c1ccc(-c2cn[nH]c2F)cc1O)N1CCC(NC(C)(C)C)C1.CC. The van der Waals surface area contributed by atoms with E-state index in [1.807, 2.05) is 13.8 Å². The van der Waals surface area contributed by atoms with Gasteiger partial charge in [0.05, 0.1) is 17.5 Å². The van der Waals surface area contributed by atoms with Crippen molar-refractivity contribution in [3.63, 3.8) is 0 Å². The Morgan fingerprint density at radius 2 is 2.06 bits per heavy atom. The van der Waals surface area contributed by atoms with Gasteiger partial charge in [-0.15, -0.1) is 5.10 Å². The van der Waals surface area contributed by atoms with Gasteiger partial charge in [0, 0.05) is 30.2 Å². The molecule has 0 aliphatic carbocycles. The standard InChI is InChI=1S/C22H29FN6O.C2H6/c1-6-20(29-10-9-16(13-29)25-22(3,4)5)27-26-14(2)17-8-7-15(11-19(17)30)18-12-24-28-21(18)23;1-2/h6-8,11-12,16,25,30H,1,9-10,13H2,2-5H3,(H,24,28);1-2H3/b26-14+,27-20+;. The molecule has 2 heterocycles. The average Bonchev–Trinajstić information content (AvgIpc) is 3.37. The first-order valence-electron chi connectivity index (χ1n) is 11.0. The Balaban J connectivity index is 0.00000176. The average molecular weight is 443 g/mol. The molecule has 0 amide bonds. The molecule has 0 radical (unpaired) electrons. The Kier molecular flexibility index (Phi) is 8.72. The number of benzene rings is 1. The molecule has 0 saturated carbocycles. The predicted octanol–water partition coefficient (Wildman–Crippen LogP) is 4.72. The van der Waals surface area contributed by atoms with E-state index in [0.717, 1.165) is 19.5 Å². The first-order chi connectivity index (χ1) is 15.2. The van der Waals surface area contributed by atoms with Crippen molar-refractivity contribution in [2.45, 2.75) is 59.5 Å². The second kappa shape index (κ2) is 11.0. The molecular weight excluding hydrogens is 407 g/mol. The van der Waals surface area contributed by atoms with Crippen LogP contribution < -0.4 is 5.32 Å². The predicted molar refractivity (Wildman–Crippen MR) is 130 cm³/mol. The summed E-state index contributed by atoms with van der Waals surface area (Å²) >= 11 is 0. The quantitative estimate of drug-likeness (QED) is 0.355. The lowest BCUT2D eigenvalue weighted by Gasteiger charge is -2.26. The highest BCUT2D eigenvalue weighted by molar-refractivity contribution is 6.02. The van der Waals surface area contributed by atoms with Gasteiger partial charge in [0.25, 0.3) is 0 Å². The maximum atomic E-state index is 13.7. The topological polar surface area (TPSA) is 88.9 Å². The number of phenols is 1. The molecule has 0 bridgehead atoms. The number of amidine groups is 1. The zero-order chi connectivity index (χ0) is 23.9. The van der Waals surface area contributed by atoms with Crippen molar-refractivity contribution >= 4 is 11.5 Å². The van der Waals surface area contributed by atoms with E-state index >= 15 is 0 Å². The molecule has 1 aromatic carbocycles. The lowest BCUT2D eigenvalue weighted by Crippen LogP contribution is -2.45. The highest BCUT2D eigenvalue weighted by Gasteiger charge is 2.26. The molecule has 1 atom stereocenters. The highest BCUT2D eigenvalue weighted by Crippen LogP contribution is 2.28. The summed E-state index contributed by atoms with van der Waals surface area (Å²) in [5, 5.41) is 28.6. The molecule has 1 aromatic heterocycles. The zero-order valence-corrected chi connectivity index (χ0v) is 19.9. The van der Waals surface area contributed by atoms with Gasteiger partial charge < -0.3 is 15.3 Å². The van der Waals surface area contributed by atoms with E-state index in [0.29, 0.717) is 34.3 Å². The molecule has 1 aliphatic heterocycles. The van der Waals surface area contributed by atoms with Crippen LogP contribution in [0.2, 0.25) is 0 Å². The van der Waals surface area contributed by atoms with Crippen LogP contribution in [0.1, 0.15) is 53.5 Å².